The SMILES string of the molecule is CNC(Cc1cc(C)nn1C)C1(C)CC1. The van der Waals surface area contributed by atoms with Crippen LogP contribution < -0.4 is 5.32 Å². The van der Waals surface area contributed by atoms with Crippen molar-refractivity contribution in [1.82, 2.24) is 15.1 Å². The summed E-state index contributed by atoms with van der Waals surface area (Å²) in [6.07, 6.45) is 3.80. The molecule has 0 amide bonds. The number of hydrogen-bond donors (Lipinski definition) is 1. The molecule has 0 radical (unpaired) electrons. The summed E-state index contributed by atoms with van der Waals surface area (Å²) in [4.78, 5) is 0. The Balaban J connectivity index is 2.09. The lowest BCUT2D eigenvalue weighted by Gasteiger charge is -2.22. The molecular formula is C12H21N3. The first-order chi connectivity index (χ1) is 7.05. The molecule has 15 heavy (non-hydrogen) atoms. The number of nitrogens with zero attached hydrogens (tertiary/aromatic N) is 2. The van der Waals surface area contributed by atoms with Crippen LogP contribution >= 0.6 is 0 Å². The first-order valence-electron chi connectivity index (χ1n) is 5.72. The van der Waals surface area contributed by atoms with Crippen molar-refractivity contribution >= 4 is 0 Å². The second-order valence-corrected chi connectivity index (χ2v) is 5.10. The van der Waals surface area contributed by atoms with Crippen molar-refractivity contribution in [3.05, 3.63) is 17.5 Å². The molecule has 0 aromatic carbocycles. The topological polar surface area (TPSA) is 29.9 Å². The molecule has 1 aliphatic carbocycles. The van der Waals surface area contributed by atoms with Gasteiger partial charge in [0.15, 0.2) is 0 Å². The fourth-order valence-electron chi connectivity index (χ4n) is 2.31. The van der Waals surface area contributed by atoms with Crippen molar-refractivity contribution < 1.29 is 0 Å². The predicted molar refractivity (Wildman–Crippen MR) is 61.8 cm³/mol. The first-order valence-corrected chi connectivity index (χ1v) is 5.72. The van der Waals surface area contributed by atoms with Gasteiger partial charge >= 0.3 is 0 Å². The molecule has 2 rings (SSSR count). The lowest BCUT2D eigenvalue weighted by atomic mass is 9.94. The predicted octanol–water partition coefficient (Wildman–Crippen LogP) is 1.66. The van der Waals surface area contributed by atoms with Crippen molar-refractivity contribution in [2.45, 2.75) is 39.2 Å². The fraction of sp³-hybridized carbons (Fsp3) is 0.750. The number of aromatic nitrogens is 2. The van der Waals surface area contributed by atoms with Crippen molar-refractivity contribution in [1.29, 1.82) is 0 Å². The van der Waals surface area contributed by atoms with Gasteiger partial charge in [0, 0.05) is 25.2 Å². The van der Waals surface area contributed by atoms with Crippen LogP contribution in [0.3, 0.4) is 0 Å². The minimum Gasteiger partial charge on any atom is -0.316 e. The zero-order valence-electron chi connectivity index (χ0n) is 10.2. The van der Waals surface area contributed by atoms with Gasteiger partial charge in [-0.15, -0.1) is 0 Å². The average molecular weight is 207 g/mol. The average Bonchev–Trinajstić information content (AvgIpc) is 2.83. The van der Waals surface area contributed by atoms with E-state index < -0.39 is 0 Å². The highest BCUT2D eigenvalue weighted by molar-refractivity contribution is 5.13. The minimum atomic E-state index is 0.521. The van der Waals surface area contributed by atoms with E-state index in [1.807, 2.05) is 11.7 Å². The van der Waals surface area contributed by atoms with Crippen LogP contribution in [0.15, 0.2) is 6.07 Å². The molecule has 1 aliphatic rings. The summed E-state index contributed by atoms with van der Waals surface area (Å²) in [5.74, 6) is 0. The Morgan fingerprint density at radius 2 is 2.27 bits per heavy atom. The van der Waals surface area contributed by atoms with Gasteiger partial charge in [0.1, 0.15) is 0 Å². The Labute approximate surface area is 91.9 Å². The zero-order chi connectivity index (χ0) is 11.1. The molecule has 1 fully saturated rings. The van der Waals surface area contributed by atoms with Crippen LogP contribution in [0.1, 0.15) is 31.2 Å². The molecule has 1 saturated carbocycles. The monoisotopic (exact) mass is 207 g/mol. The maximum absolute atomic E-state index is 4.39. The molecule has 1 N–H and O–H groups in total. The van der Waals surface area contributed by atoms with Crippen LogP contribution in [0.2, 0.25) is 0 Å². The summed E-state index contributed by atoms with van der Waals surface area (Å²) in [6, 6.07) is 2.78. The Morgan fingerprint density at radius 3 is 2.67 bits per heavy atom. The van der Waals surface area contributed by atoms with E-state index in [2.05, 4.69) is 37.4 Å². The van der Waals surface area contributed by atoms with Gasteiger partial charge in [-0.1, -0.05) is 6.92 Å². The number of nitrogens with one attached hydrogen (secondary N) is 1. The van der Waals surface area contributed by atoms with E-state index in [1.54, 1.807) is 0 Å². The van der Waals surface area contributed by atoms with E-state index >= 15 is 0 Å². The molecule has 1 unspecified atom stereocenters. The van der Waals surface area contributed by atoms with E-state index in [0.717, 1.165) is 12.1 Å². The maximum atomic E-state index is 4.39. The van der Waals surface area contributed by atoms with E-state index in [9.17, 15) is 0 Å². The largest absolute Gasteiger partial charge is 0.316 e. The summed E-state index contributed by atoms with van der Waals surface area (Å²) < 4.78 is 2.01. The van der Waals surface area contributed by atoms with E-state index in [0.29, 0.717) is 11.5 Å². The highest BCUT2D eigenvalue weighted by Crippen LogP contribution is 2.48. The number of likely N-dealkylation sites (N-methyl/N-ethyl adjacent to an activating group) is 1. The van der Waals surface area contributed by atoms with Crippen LogP contribution in [-0.2, 0) is 13.5 Å². The second kappa shape index (κ2) is 3.63. The second-order valence-electron chi connectivity index (χ2n) is 5.10. The normalized spacial score (nSPS) is 20.3. The van der Waals surface area contributed by atoms with E-state index in [4.69, 9.17) is 0 Å². The smallest absolute Gasteiger partial charge is 0.0596 e. The Bertz CT molecular complexity index is 350. The third kappa shape index (κ3) is 2.07. The lowest BCUT2D eigenvalue weighted by Crippen LogP contribution is -2.36. The molecule has 0 bridgehead atoms. The Hall–Kier alpha value is -0.830. The molecule has 84 valence electrons. The van der Waals surface area contributed by atoms with Gasteiger partial charge in [-0.2, -0.15) is 5.10 Å². The molecule has 1 aromatic rings. The summed E-state index contributed by atoms with van der Waals surface area (Å²) in [5, 5.41) is 7.84. The van der Waals surface area contributed by atoms with Crippen LogP contribution in [0.4, 0.5) is 0 Å². The first kappa shape index (κ1) is 10.7. The van der Waals surface area contributed by atoms with Crippen LogP contribution in [0, 0.1) is 12.3 Å². The van der Waals surface area contributed by atoms with Gasteiger partial charge in [-0.05, 0) is 38.3 Å². The summed E-state index contributed by atoms with van der Waals surface area (Å²) in [7, 11) is 4.10. The quantitative estimate of drug-likeness (QED) is 0.813. The van der Waals surface area contributed by atoms with E-state index in [1.165, 1.54) is 18.5 Å². The van der Waals surface area contributed by atoms with Crippen molar-refractivity contribution in [3.63, 3.8) is 0 Å². The van der Waals surface area contributed by atoms with Gasteiger partial charge in [0.05, 0.1) is 5.69 Å². The van der Waals surface area contributed by atoms with Gasteiger partial charge in [0.2, 0.25) is 0 Å². The minimum absolute atomic E-state index is 0.521. The molecule has 0 spiro atoms. The Morgan fingerprint density at radius 1 is 1.60 bits per heavy atom. The Kier molecular flexibility index (Phi) is 2.59. The molecule has 0 aliphatic heterocycles. The molecule has 1 heterocycles. The molecule has 3 heteroatoms. The van der Waals surface area contributed by atoms with Crippen LogP contribution in [0.5, 0.6) is 0 Å². The highest BCUT2D eigenvalue weighted by atomic mass is 15.3. The lowest BCUT2D eigenvalue weighted by molar-refractivity contribution is 0.369. The number of rotatable bonds is 4. The zero-order valence-corrected chi connectivity index (χ0v) is 10.2. The van der Waals surface area contributed by atoms with Crippen molar-refractivity contribution in [3.8, 4) is 0 Å². The number of aryl methyl sites for hydroxylation is 2. The third-order valence-corrected chi connectivity index (χ3v) is 3.74. The maximum Gasteiger partial charge on any atom is 0.0596 e. The highest BCUT2D eigenvalue weighted by Gasteiger charge is 2.44. The third-order valence-electron chi connectivity index (χ3n) is 3.74. The standard InChI is InChI=1S/C12H21N3/c1-9-7-10(15(4)14-9)8-11(13-3)12(2)5-6-12/h7,11,13H,5-6,8H2,1-4H3. The van der Waals surface area contributed by atoms with E-state index in [-0.39, 0.29) is 0 Å². The molecule has 3 nitrogen and oxygen atoms in total. The van der Waals surface area contributed by atoms with Gasteiger partial charge in [0.25, 0.3) is 0 Å². The van der Waals surface area contributed by atoms with Gasteiger partial charge in [-0.25, -0.2) is 0 Å². The molecule has 0 saturated heterocycles. The summed E-state index contributed by atoms with van der Waals surface area (Å²) in [5.41, 5.74) is 2.97. The molecule has 1 aromatic heterocycles. The van der Waals surface area contributed by atoms with Crippen LogP contribution in [-0.4, -0.2) is 22.9 Å². The fourth-order valence-corrected chi connectivity index (χ4v) is 2.31. The summed E-state index contributed by atoms with van der Waals surface area (Å²) in [6.45, 7) is 4.42. The van der Waals surface area contributed by atoms with Crippen molar-refractivity contribution in [2.24, 2.45) is 12.5 Å². The molecular weight excluding hydrogens is 186 g/mol. The number of hydrogen-bond acceptors (Lipinski definition) is 2. The van der Waals surface area contributed by atoms with Crippen molar-refractivity contribution in [2.75, 3.05) is 7.05 Å². The molecule has 1 atom stereocenters. The van der Waals surface area contributed by atoms with Crippen LogP contribution in [0.25, 0.3) is 0 Å². The van der Waals surface area contributed by atoms with Gasteiger partial charge in [-0.3, -0.25) is 4.68 Å². The van der Waals surface area contributed by atoms with Gasteiger partial charge < -0.3 is 5.32 Å². The summed E-state index contributed by atoms with van der Waals surface area (Å²) >= 11 is 0.